The molecule has 0 spiro atoms. The molecule has 0 saturated heterocycles. The molecule has 0 atom stereocenters. The highest BCUT2D eigenvalue weighted by Gasteiger charge is 2.10. The number of Topliss-reactive ketones (excluding diaryl/α,β-unsaturated/α-hetero) is 1. The molecule has 15 heavy (non-hydrogen) atoms. The van der Waals surface area contributed by atoms with Crippen LogP contribution < -0.4 is 0 Å². The summed E-state index contributed by atoms with van der Waals surface area (Å²) < 4.78 is 10.0. The molecule has 1 aromatic rings. The summed E-state index contributed by atoms with van der Waals surface area (Å²) in [5, 5.41) is 0. The van der Waals surface area contributed by atoms with Crippen LogP contribution in [0.2, 0.25) is 0 Å². The quantitative estimate of drug-likeness (QED) is 0.682. The van der Waals surface area contributed by atoms with Crippen molar-refractivity contribution >= 4 is 5.78 Å². The second-order valence-electron chi connectivity index (χ2n) is 3.35. The number of hydrogen-bond acceptors (Lipinski definition) is 4. The molecule has 84 valence electrons. The molecule has 0 N–H and O–H groups in total. The lowest BCUT2D eigenvalue weighted by Crippen LogP contribution is -2.30. The average Bonchev–Trinajstić information content (AvgIpc) is 2.70. The first-order valence-corrected chi connectivity index (χ1v) is 5.01. The second kappa shape index (κ2) is 6.37. The Hall–Kier alpha value is -1.13. The first kappa shape index (κ1) is 11.9. The number of ketones is 1. The lowest BCUT2D eigenvalue weighted by atomic mass is 10.3. The van der Waals surface area contributed by atoms with Gasteiger partial charge in [-0.15, -0.1) is 0 Å². The van der Waals surface area contributed by atoms with Crippen LogP contribution in [-0.2, 0) is 16.1 Å². The fourth-order valence-corrected chi connectivity index (χ4v) is 1.36. The maximum Gasteiger partial charge on any atom is 0.172 e. The standard InChI is InChI=1S/C11H17NO3/c1-3-12(7-10(13)9-14-2)8-11-5-4-6-15-11/h4-6H,3,7-9H2,1-2H3. The van der Waals surface area contributed by atoms with E-state index >= 15 is 0 Å². The van der Waals surface area contributed by atoms with Crippen molar-refractivity contribution in [2.75, 3.05) is 26.8 Å². The van der Waals surface area contributed by atoms with Crippen molar-refractivity contribution in [3.8, 4) is 0 Å². The van der Waals surface area contributed by atoms with Gasteiger partial charge in [0.25, 0.3) is 0 Å². The largest absolute Gasteiger partial charge is 0.468 e. The van der Waals surface area contributed by atoms with Crippen LogP contribution in [0.15, 0.2) is 22.8 Å². The van der Waals surface area contributed by atoms with E-state index in [4.69, 9.17) is 9.15 Å². The fourth-order valence-electron chi connectivity index (χ4n) is 1.36. The van der Waals surface area contributed by atoms with E-state index in [1.807, 2.05) is 24.0 Å². The third-order valence-corrected chi connectivity index (χ3v) is 2.11. The fraction of sp³-hybridized carbons (Fsp3) is 0.545. The van der Waals surface area contributed by atoms with E-state index in [0.717, 1.165) is 12.3 Å². The second-order valence-corrected chi connectivity index (χ2v) is 3.35. The number of rotatable bonds is 7. The topological polar surface area (TPSA) is 42.7 Å². The van der Waals surface area contributed by atoms with Crippen LogP contribution in [0, 0.1) is 0 Å². The van der Waals surface area contributed by atoms with Gasteiger partial charge in [0.05, 0.1) is 19.4 Å². The van der Waals surface area contributed by atoms with Crippen molar-refractivity contribution in [2.45, 2.75) is 13.5 Å². The van der Waals surface area contributed by atoms with E-state index in [-0.39, 0.29) is 12.4 Å². The number of likely N-dealkylation sites (N-methyl/N-ethyl adjacent to an activating group) is 1. The van der Waals surface area contributed by atoms with Crippen LogP contribution in [0.4, 0.5) is 0 Å². The van der Waals surface area contributed by atoms with E-state index in [1.165, 1.54) is 7.11 Å². The Morgan fingerprint density at radius 3 is 2.93 bits per heavy atom. The minimum Gasteiger partial charge on any atom is -0.468 e. The Balaban J connectivity index is 2.39. The lowest BCUT2D eigenvalue weighted by Gasteiger charge is -2.17. The monoisotopic (exact) mass is 211 g/mol. The molecule has 0 aliphatic heterocycles. The molecule has 1 rings (SSSR count). The highest BCUT2D eigenvalue weighted by molar-refractivity contribution is 5.81. The summed E-state index contributed by atoms with van der Waals surface area (Å²) in [6.45, 7) is 4.08. The highest BCUT2D eigenvalue weighted by atomic mass is 16.5. The Bertz CT molecular complexity index is 282. The lowest BCUT2D eigenvalue weighted by molar-refractivity contribution is -0.123. The van der Waals surface area contributed by atoms with Crippen molar-refractivity contribution in [3.63, 3.8) is 0 Å². The number of methoxy groups -OCH3 is 1. The van der Waals surface area contributed by atoms with Gasteiger partial charge in [-0.3, -0.25) is 9.69 Å². The summed E-state index contributed by atoms with van der Waals surface area (Å²) in [6, 6.07) is 3.75. The van der Waals surface area contributed by atoms with Crippen molar-refractivity contribution < 1.29 is 13.9 Å². The Labute approximate surface area is 89.8 Å². The summed E-state index contributed by atoms with van der Waals surface area (Å²) in [7, 11) is 1.53. The summed E-state index contributed by atoms with van der Waals surface area (Å²) in [5.74, 6) is 0.966. The average molecular weight is 211 g/mol. The van der Waals surface area contributed by atoms with E-state index in [0.29, 0.717) is 13.1 Å². The van der Waals surface area contributed by atoms with Gasteiger partial charge in [-0.25, -0.2) is 0 Å². The van der Waals surface area contributed by atoms with Crippen LogP contribution in [0.3, 0.4) is 0 Å². The van der Waals surface area contributed by atoms with Gasteiger partial charge in [-0.1, -0.05) is 6.92 Å². The van der Waals surface area contributed by atoms with Crippen LogP contribution >= 0.6 is 0 Å². The number of carbonyl (C=O) groups excluding carboxylic acids is 1. The van der Waals surface area contributed by atoms with Crippen LogP contribution in [0.5, 0.6) is 0 Å². The van der Waals surface area contributed by atoms with Gasteiger partial charge in [0, 0.05) is 7.11 Å². The molecule has 0 amide bonds. The van der Waals surface area contributed by atoms with Crippen molar-refractivity contribution in [1.82, 2.24) is 4.90 Å². The number of hydrogen-bond donors (Lipinski definition) is 0. The van der Waals surface area contributed by atoms with E-state index in [1.54, 1.807) is 6.26 Å². The molecule has 0 saturated carbocycles. The van der Waals surface area contributed by atoms with Crippen LogP contribution in [-0.4, -0.2) is 37.5 Å². The van der Waals surface area contributed by atoms with Gasteiger partial charge in [0.15, 0.2) is 5.78 Å². The molecule has 1 aromatic heterocycles. The van der Waals surface area contributed by atoms with Gasteiger partial charge >= 0.3 is 0 Å². The van der Waals surface area contributed by atoms with Gasteiger partial charge in [-0.2, -0.15) is 0 Å². The summed E-state index contributed by atoms with van der Waals surface area (Å²) in [6.07, 6.45) is 1.64. The predicted molar refractivity (Wildman–Crippen MR) is 56.5 cm³/mol. The smallest absolute Gasteiger partial charge is 0.172 e. The van der Waals surface area contributed by atoms with Crippen LogP contribution in [0.25, 0.3) is 0 Å². The zero-order chi connectivity index (χ0) is 11.1. The van der Waals surface area contributed by atoms with Gasteiger partial charge < -0.3 is 9.15 Å². The number of carbonyl (C=O) groups is 1. The van der Waals surface area contributed by atoms with Crippen LogP contribution in [0.1, 0.15) is 12.7 Å². The number of furan rings is 1. The first-order chi connectivity index (χ1) is 7.26. The zero-order valence-electron chi connectivity index (χ0n) is 9.23. The Kier molecular flexibility index (Phi) is 5.07. The molecule has 4 nitrogen and oxygen atoms in total. The normalized spacial score (nSPS) is 10.9. The molecule has 0 unspecified atom stereocenters. The predicted octanol–water partition coefficient (Wildman–Crippen LogP) is 1.32. The molecule has 0 fully saturated rings. The molecule has 0 bridgehead atoms. The minimum atomic E-state index is 0.0888. The highest BCUT2D eigenvalue weighted by Crippen LogP contribution is 2.04. The third kappa shape index (κ3) is 4.27. The van der Waals surface area contributed by atoms with Crippen molar-refractivity contribution in [2.24, 2.45) is 0 Å². The van der Waals surface area contributed by atoms with Gasteiger partial charge in [0.2, 0.25) is 0 Å². The molecule has 0 radical (unpaired) electrons. The first-order valence-electron chi connectivity index (χ1n) is 5.01. The number of ether oxygens (including phenoxy) is 1. The summed E-state index contributed by atoms with van der Waals surface area (Å²) >= 11 is 0. The molecule has 0 aliphatic rings. The molecule has 0 aliphatic carbocycles. The third-order valence-electron chi connectivity index (χ3n) is 2.11. The van der Waals surface area contributed by atoms with Crippen molar-refractivity contribution in [3.05, 3.63) is 24.2 Å². The Morgan fingerprint density at radius 1 is 1.60 bits per heavy atom. The van der Waals surface area contributed by atoms with E-state index in [9.17, 15) is 4.79 Å². The maximum absolute atomic E-state index is 11.3. The van der Waals surface area contributed by atoms with E-state index < -0.39 is 0 Å². The molecule has 1 heterocycles. The van der Waals surface area contributed by atoms with Gasteiger partial charge in [-0.05, 0) is 18.7 Å². The zero-order valence-corrected chi connectivity index (χ0v) is 9.23. The maximum atomic E-state index is 11.3. The minimum absolute atomic E-state index is 0.0888. The SMILES string of the molecule is CCN(CC(=O)COC)Cc1ccco1. The van der Waals surface area contributed by atoms with E-state index in [2.05, 4.69) is 0 Å². The van der Waals surface area contributed by atoms with Gasteiger partial charge in [0.1, 0.15) is 12.4 Å². The summed E-state index contributed by atoms with van der Waals surface area (Å²) in [4.78, 5) is 13.4. The molecule has 4 heteroatoms. The number of nitrogens with zero attached hydrogens (tertiary/aromatic N) is 1. The molecular weight excluding hydrogens is 194 g/mol. The molecular formula is C11H17NO3. The van der Waals surface area contributed by atoms with Crippen molar-refractivity contribution in [1.29, 1.82) is 0 Å². The summed E-state index contributed by atoms with van der Waals surface area (Å²) in [5.41, 5.74) is 0. The molecule has 0 aromatic carbocycles. The Morgan fingerprint density at radius 2 is 2.40 bits per heavy atom.